The van der Waals surface area contributed by atoms with Crippen molar-refractivity contribution < 1.29 is 4.74 Å². The van der Waals surface area contributed by atoms with E-state index in [0.717, 1.165) is 17.0 Å². The SMILES string of the molecule is Clc1ccccc1COC1CCCCC1Br. The Morgan fingerprint density at radius 2 is 2.00 bits per heavy atom. The van der Waals surface area contributed by atoms with Gasteiger partial charge in [-0.05, 0) is 24.5 Å². The molecule has 1 nitrogen and oxygen atoms in total. The molecule has 1 aromatic rings. The van der Waals surface area contributed by atoms with Crippen LogP contribution in [0.4, 0.5) is 0 Å². The zero-order chi connectivity index (χ0) is 11.4. The molecule has 0 N–H and O–H groups in total. The maximum Gasteiger partial charge on any atom is 0.0735 e. The maximum atomic E-state index is 6.09. The fourth-order valence-corrected chi connectivity index (χ4v) is 2.98. The summed E-state index contributed by atoms with van der Waals surface area (Å²) in [6.07, 6.45) is 5.29. The van der Waals surface area contributed by atoms with E-state index in [4.69, 9.17) is 16.3 Å². The third-order valence-corrected chi connectivity index (χ3v) is 4.45. The van der Waals surface area contributed by atoms with Gasteiger partial charge in [0.2, 0.25) is 0 Å². The average Bonchev–Trinajstić information content (AvgIpc) is 2.30. The molecule has 0 aliphatic heterocycles. The van der Waals surface area contributed by atoms with Crippen LogP contribution in [0, 0.1) is 0 Å². The van der Waals surface area contributed by atoms with E-state index < -0.39 is 0 Å². The van der Waals surface area contributed by atoms with Crippen molar-refractivity contribution >= 4 is 27.5 Å². The molecule has 3 heteroatoms. The van der Waals surface area contributed by atoms with Gasteiger partial charge < -0.3 is 4.74 Å². The molecule has 2 atom stereocenters. The monoisotopic (exact) mass is 302 g/mol. The number of alkyl halides is 1. The fraction of sp³-hybridized carbons (Fsp3) is 0.538. The van der Waals surface area contributed by atoms with Crippen molar-refractivity contribution in [1.82, 2.24) is 0 Å². The van der Waals surface area contributed by atoms with Crippen molar-refractivity contribution in [2.24, 2.45) is 0 Å². The van der Waals surface area contributed by atoms with E-state index in [0.29, 0.717) is 17.5 Å². The molecule has 16 heavy (non-hydrogen) atoms. The Kier molecular flexibility index (Phi) is 4.68. The van der Waals surface area contributed by atoms with Crippen molar-refractivity contribution in [1.29, 1.82) is 0 Å². The van der Waals surface area contributed by atoms with Gasteiger partial charge in [0, 0.05) is 9.85 Å². The van der Waals surface area contributed by atoms with Gasteiger partial charge in [-0.1, -0.05) is 58.6 Å². The highest BCUT2D eigenvalue weighted by Crippen LogP contribution is 2.28. The van der Waals surface area contributed by atoms with Crippen molar-refractivity contribution in [3.63, 3.8) is 0 Å². The lowest BCUT2D eigenvalue weighted by molar-refractivity contribution is 0.0227. The molecule has 0 spiro atoms. The molecule has 1 fully saturated rings. The molecular formula is C13H16BrClO. The van der Waals surface area contributed by atoms with E-state index in [1.807, 2.05) is 24.3 Å². The molecule has 0 bridgehead atoms. The van der Waals surface area contributed by atoms with Crippen LogP contribution in [0.25, 0.3) is 0 Å². The van der Waals surface area contributed by atoms with Crippen LogP contribution < -0.4 is 0 Å². The van der Waals surface area contributed by atoms with Crippen molar-refractivity contribution in [3.05, 3.63) is 34.9 Å². The Morgan fingerprint density at radius 1 is 1.25 bits per heavy atom. The quantitative estimate of drug-likeness (QED) is 0.744. The summed E-state index contributed by atoms with van der Waals surface area (Å²) in [6, 6.07) is 7.87. The third-order valence-electron chi connectivity index (χ3n) is 3.03. The molecule has 0 amide bonds. The van der Waals surface area contributed by atoms with E-state index in [1.54, 1.807) is 0 Å². The highest BCUT2D eigenvalue weighted by Gasteiger charge is 2.23. The summed E-state index contributed by atoms with van der Waals surface area (Å²) < 4.78 is 5.93. The molecule has 2 rings (SSSR count). The van der Waals surface area contributed by atoms with Gasteiger partial charge in [-0.25, -0.2) is 0 Å². The van der Waals surface area contributed by atoms with Crippen LogP contribution >= 0.6 is 27.5 Å². The molecule has 0 aromatic heterocycles. The number of hydrogen-bond acceptors (Lipinski definition) is 1. The molecule has 1 saturated carbocycles. The Hall–Kier alpha value is -0.0500. The minimum absolute atomic E-state index is 0.338. The van der Waals surface area contributed by atoms with E-state index in [1.165, 1.54) is 19.3 Å². The molecule has 1 aliphatic carbocycles. The normalized spacial score (nSPS) is 25.6. The van der Waals surface area contributed by atoms with E-state index in [2.05, 4.69) is 15.9 Å². The molecule has 2 unspecified atom stereocenters. The van der Waals surface area contributed by atoms with Gasteiger partial charge in [0.05, 0.1) is 12.7 Å². The number of hydrogen-bond donors (Lipinski definition) is 0. The van der Waals surface area contributed by atoms with Crippen molar-refractivity contribution in [2.45, 2.75) is 43.2 Å². The summed E-state index contributed by atoms with van der Waals surface area (Å²) >= 11 is 9.78. The number of benzene rings is 1. The van der Waals surface area contributed by atoms with Gasteiger partial charge in [0.25, 0.3) is 0 Å². The van der Waals surface area contributed by atoms with Gasteiger partial charge in [-0.15, -0.1) is 0 Å². The van der Waals surface area contributed by atoms with Crippen LogP contribution in [0.1, 0.15) is 31.2 Å². The van der Waals surface area contributed by atoms with Crippen LogP contribution in [0.15, 0.2) is 24.3 Å². The minimum atomic E-state index is 0.338. The zero-order valence-electron chi connectivity index (χ0n) is 9.16. The minimum Gasteiger partial charge on any atom is -0.372 e. The van der Waals surface area contributed by atoms with E-state index >= 15 is 0 Å². The van der Waals surface area contributed by atoms with Crippen molar-refractivity contribution in [3.8, 4) is 0 Å². The number of halogens is 2. The predicted molar refractivity (Wildman–Crippen MR) is 71.2 cm³/mol. The molecule has 0 saturated heterocycles. The third kappa shape index (κ3) is 3.22. The van der Waals surface area contributed by atoms with Crippen LogP contribution in [0.2, 0.25) is 5.02 Å². The summed E-state index contributed by atoms with van der Waals surface area (Å²) in [4.78, 5) is 0.503. The molecule has 1 aromatic carbocycles. The second-order valence-corrected chi connectivity index (χ2v) is 5.82. The topological polar surface area (TPSA) is 9.23 Å². The highest BCUT2D eigenvalue weighted by atomic mass is 79.9. The summed E-state index contributed by atoms with van der Waals surface area (Å²) in [5, 5.41) is 0.796. The number of ether oxygens (including phenoxy) is 1. The first kappa shape index (κ1) is 12.4. The number of rotatable bonds is 3. The maximum absolute atomic E-state index is 6.09. The average molecular weight is 304 g/mol. The Bertz CT molecular complexity index is 342. The fourth-order valence-electron chi connectivity index (χ4n) is 2.05. The predicted octanol–water partition coefficient (Wildman–Crippen LogP) is 4.56. The Balaban J connectivity index is 1.89. The van der Waals surface area contributed by atoms with Gasteiger partial charge >= 0.3 is 0 Å². The van der Waals surface area contributed by atoms with Gasteiger partial charge in [0.1, 0.15) is 0 Å². The van der Waals surface area contributed by atoms with Crippen LogP contribution in [0.5, 0.6) is 0 Å². The highest BCUT2D eigenvalue weighted by molar-refractivity contribution is 9.09. The summed E-state index contributed by atoms with van der Waals surface area (Å²) in [7, 11) is 0. The van der Waals surface area contributed by atoms with Crippen LogP contribution in [0.3, 0.4) is 0 Å². The largest absolute Gasteiger partial charge is 0.372 e. The standard InChI is InChI=1S/C13H16BrClO/c14-11-6-2-4-8-13(11)16-9-10-5-1-3-7-12(10)15/h1,3,5,7,11,13H,2,4,6,8-9H2. The second kappa shape index (κ2) is 6.04. The first-order valence-corrected chi connectivity index (χ1v) is 7.06. The van der Waals surface area contributed by atoms with Crippen LogP contribution in [-0.2, 0) is 11.3 Å². The smallest absolute Gasteiger partial charge is 0.0735 e. The Morgan fingerprint density at radius 3 is 2.75 bits per heavy atom. The molecule has 1 aliphatic rings. The Labute approximate surface area is 110 Å². The zero-order valence-corrected chi connectivity index (χ0v) is 11.5. The van der Waals surface area contributed by atoms with Crippen molar-refractivity contribution in [2.75, 3.05) is 0 Å². The second-order valence-electron chi connectivity index (χ2n) is 4.24. The lowest BCUT2D eigenvalue weighted by Gasteiger charge is -2.27. The molecule has 0 radical (unpaired) electrons. The van der Waals surface area contributed by atoms with E-state index in [9.17, 15) is 0 Å². The lowest BCUT2D eigenvalue weighted by Crippen LogP contribution is -2.27. The van der Waals surface area contributed by atoms with Gasteiger partial charge in [-0.2, -0.15) is 0 Å². The molecule has 88 valence electrons. The summed E-state index contributed by atoms with van der Waals surface area (Å²) in [5.74, 6) is 0. The molecule has 0 heterocycles. The van der Waals surface area contributed by atoms with Gasteiger partial charge in [-0.3, -0.25) is 0 Å². The summed E-state index contributed by atoms with van der Waals surface area (Å²) in [6.45, 7) is 0.617. The van der Waals surface area contributed by atoms with Crippen LogP contribution in [-0.4, -0.2) is 10.9 Å². The first-order chi connectivity index (χ1) is 7.77. The van der Waals surface area contributed by atoms with Gasteiger partial charge in [0.15, 0.2) is 0 Å². The summed E-state index contributed by atoms with van der Waals surface area (Å²) in [5.41, 5.74) is 1.08. The molecular weight excluding hydrogens is 287 g/mol. The lowest BCUT2D eigenvalue weighted by atomic mass is 9.97. The first-order valence-electron chi connectivity index (χ1n) is 5.76. The van der Waals surface area contributed by atoms with E-state index in [-0.39, 0.29) is 0 Å².